The first-order chi connectivity index (χ1) is 14.8. The van der Waals surface area contributed by atoms with Crippen molar-refractivity contribution in [1.29, 1.82) is 0 Å². The molecular formula is C22H27F2N3O3S. The van der Waals surface area contributed by atoms with E-state index in [0.717, 1.165) is 37.5 Å². The van der Waals surface area contributed by atoms with E-state index in [-0.39, 0.29) is 10.6 Å². The number of carbonyl (C=O) groups is 1. The van der Waals surface area contributed by atoms with Gasteiger partial charge in [-0.15, -0.1) is 0 Å². The van der Waals surface area contributed by atoms with Gasteiger partial charge < -0.3 is 10.2 Å². The van der Waals surface area contributed by atoms with Gasteiger partial charge in [0.15, 0.2) is 0 Å². The quantitative estimate of drug-likeness (QED) is 0.684. The van der Waals surface area contributed by atoms with E-state index in [1.54, 1.807) is 6.07 Å². The predicted octanol–water partition coefficient (Wildman–Crippen LogP) is 4.24. The molecule has 9 heteroatoms. The van der Waals surface area contributed by atoms with Crippen LogP contribution in [-0.4, -0.2) is 44.8 Å². The van der Waals surface area contributed by atoms with Crippen LogP contribution in [0.3, 0.4) is 0 Å². The fourth-order valence-electron chi connectivity index (χ4n) is 3.73. The number of sulfonamides is 1. The average Bonchev–Trinajstić information content (AvgIpc) is 2.77. The molecule has 1 amide bonds. The molecule has 1 N–H and O–H groups in total. The number of anilines is 2. The monoisotopic (exact) mass is 451 g/mol. The molecule has 1 aliphatic rings. The minimum absolute atomic E-state index is 0.0559. The summed E-state index contributed by atoms with van der Waals surface area (Å²) in [7, 11) is -3.73. The van der Waals surface area contributed by atoms with Crippen LogP contribution in [0.2, 0.25) is 0 Å². The van der Waals surface area contributed by atoms with Gasteiger partial charge in [-0.3, -0.25) is 4.79 Å². The number of halogens is 2. The molecule has 0 atom stereocenters. The van der Waals surface area contributed by atoms with Crippen LogP contribution in [0.15, 0.2) is 41.3 Å². The van der Waals surface area contributed by atoms with Gasteiger partial charge in [0, 0.05) is 26.2 Å². The molecule has 0 saturated carbocycles. The first-order valence-electron chi connectivity index (χ1n) is 10.4. The molecule has 2 aromatic carbocycles. The van der Waals surface area contributed by atoms with Crippen molar-refractivity contribution in [2.24, 2.45) is 0 Å². The SMILES string of the molecule is CCN(CC)c1ccc(S(=O)(=O)N2CCCCC2)cc1NC(=O)c1cc(F)ccc1F. The number of hydrogen-bond donors (Lipinski definition) is 1. The Morgan fingerprint density at radius 3 is 2.35 bits per heavy atom. The van der Waals surface area contributed by atoms with Crippen molar-refractivity contribution in [3.8, 4) is 0 Å². The van der Waals surface area contributed by atoms with E-state index in [1.807, 2.05) is 18.7 Å². The summed E-state index contributed by atoms with van der Waals surface area (Å²) >= 11 is 0. The van der Waals surface area contributed by atoms with Crippen molar-refractivity contribution < 1.29 is 22.0 Å². The Hall–Kier alpha value is -2.52. The maximum atomic E-state index is 14.1. The van der Waals surface area contributed by atoms with E-state index >= 15 is 0 Å². The third-order valence-electron chi connectivity index (χ3n) is 5.45. The molecule has 31 heavy (non-hydrogen) atoms. The van der Waals surface area contributed by atoms with Gasteiger partial charge in [0.05, 0.1) is 21.8 Å². The van der Waals surface area contributed by atoms with Crippen LogP contribution >= 0.6 is 0 Å². The molecule has 0 aromatic heterocycles. The van der Waals surface area contributed by atoms with Gasteiger partial charge >= 0.3 is 0 Å². The van der Waals surface area contributed by atoms with Gasteiger partial charge in [0.2, 0.25) is 10.0 Å². The highest BCUT2D eigenvalue weighted by molar-refractivity contribution is 7.89. The molecule has 0 aliphatic carbocycles. The summed E-state index contributed by atoms with van der Waals surface area (Å²) in [6.07, 6.45) is 2.60. The summed E-state index contributed by atoms with van der Waals surface area (Å²) < 4.78 is 55.3. The molecule has 168 valence electrons. The summed E-state index contributed by atoms with van der Waals surface area (Å²) in [5, 5.41) is 2.59. The van der Waals surface area contributed by atoms with E-state index in [2.05, 4.69) is 5.32 Å². The Balaban J connectivity index is 2.02. The number of carbonyl (C=O) groups excluding carboxylic acids is 1. The van der Waals surface area contributed by atoms with Crippen LogP contribution in [0, 0.1) is 11.6 Å². The van der Waals surface area contributed by atoms with Crippen molar-refractivity contribution in [2.75, 3.05) is 36.4 Å². The number of piperidine rings is 1. The lowest BCUT2D eigenvalue weighted by Gasteiger charge is -2.28. The van der Waals surface area contributed by atoms with Gasteiger partial charge in [-0.1, -0.05) is 6.42 Å². The lowest BCUT2D eigenvalue weighted by Crippen LogP contribution is -2.35. The topological polar surface area (TPSA) is 69.7 Å². The molecule has 1 fully saturated rings. The second-order valence-electron chi connectivity index (χ2n) is 7.39. The van der Waals surface area contributed by atoms with E-state index in [1.165, 1.54) is 16.4 Å². The Morgan fingerprint density at radius 1 is 1.03 bits per heavy atom. The zero-order valence-corrected chi connectivity index (χ0v) is 18.5. The Labute approximate surface area is 181 Å². The van der Waals surface area contributed by atoms with Crippen molar-refractivity contribution in [1.82, 2.24) is 4.31 Å². The Bertz CT molecular complexity index is 1050. The highest BCUT2D eigenvalue weighted by atomic mass is 32.2. The number of benzene rings is 2. The number of rotatable bonds is 7. The molecule has 1 heterocycles. The number of amides is 1. The van der Waals surface area contributed by atoms with E-state index < -0.39 is 33.1 Å². The third-order valence-corrected chi connectivity index (χ3v) is 7.34. The molecular weight excluding hydrogens is 424 g/mol. The summed E-state index contributed by atoms with van der Waals surface area (Å²) in [4.78, 5) is 14.7. The standard InChI is InChI=1S/C22H27F2N3O3S/c1-3-26(4-2)21-11-9-17(31(29,30)27-12-6-5-7-13-27)15-20(21)25-22(28)18-14-16(23)8-10-19(18)24/h8-11,14-15H,3-7,12-13H2,1-2H3,(H,25,28). The van der Waals surface area contributed by atoms with Gasteiger partial charge in [0.1, 0.15) is 11.6 Å². The number of nitrogens with zero attached hydrogens (tertiary/aromatic N) is 2. The van der Waals surface area contributed by atoms with E-state index in [4.69, 9.17) is 0 Å². The van der Waals surface area contributed by atoms with Gasteiger partial charge in [-0.25, -0.2) is 17.2 Å². The minimum atomic E-state index is -3.73. The van der Waals surface area contributed by atoms with Gasteiger partial charge in [-0.2, -0.15) is 4.31 Å². The Morgan fingerprint density at radius 2 is 1.71 bits per heavy atom. The molecule has 0 unspecified atom stereocenters. The summed E-state index contributed by atoms with van der Waals surface area (Å²) in [6, 6.07) is 7.19. The summed E-state index contributed by atoms with van der Waals surface area (Å²) in [6.45, 7) is 6.00. The van der Waals surface area contributed by atoms with Crippen molar-refractivity contribution in [3.05, 3.63) is 53.6 Å². The smallest absolute Gasteiger partial charge is 0.258 e. The van der Waals surface area contributed by atoms with E-state index in [0.29, 0.717) is 31.9 Å². The molecule has 0 spiro atoms. The average molecular weight is 452 g/mol. The molecule has 3 rings (SSSR count). The highest BCUT2D eigenvalue weighted by Gasteiger charge is 2.27. The van der Waals surface area contributed by atoms with Crippen LogP contribution in [0.25, 0.3) is 0 Å². The maximum Gasteiger partial charge on any atom is 0.258 e. The molecule has 1 saturated heterocycles. The minimum Gasteiger partial charge on any atom is -0.370 e. The summed E-state index contributed by atoms with van der Waals surface area (Å²) in [5.74, 6) is -2.45. The second kappa shape index (κ2) is 9.74. The van der Waals surface area contributed by atoms with Gasteiger partial charge in [0.25, 0.3) is 5.91 Å². The maximum absolute atomic E-state index is 14.1. The predicted molar refractivity (Wildman–Crippen MR) is 117 cm³/mol. The molecule has 0 radical (unpaired) electrons. The highest BCUT2D eigenvalue weighted by Crippen LogP contribution is 2.31. The van der Waals surface area contributed by atoms with Gasteiger partial charge in [-0.05, 0) is 63.1 Å². The first-order valence-corrected chi connectivity index (χ1v) is 11.9. The normalized spacial score (nSPS) is 15.0. The third kappa shape index (κ3) is 5.04. The summed E-state index contributed by atoms with van der Waals surface area (Å²) in [5.41, 5.74) is 0.387. The largest absolute Gasteiger partial charge is 0.370 e. The lowest BCUT2D eigenvalue weighted by atomic mass is 10.1. The zero-order valence-electron chi connectivity index (χ0n) is 17.7. The van der Waals surface area contributed by atoms with Crippen LogP contribution in [0.5, 0.6) is 0 Å². The fourth-order valence-corrected chi connectivity index (χ4v) is 5.28. The Kier molecular flexibility index (Phi) is 7.27. The van der Waals surface area contributed by atoms with Crippen LogP contribution in [0.1, 0.15) is 43.5 Å². The number of hydrogen-bond acceptors (Lipinski definition) is 4. The first kappa shape index (κ1) is 23.1. The number of nitrogens with one attached hydrogen (secondary N) is 1. The van der Waals surface area contributed by atoms with Crippen molar-refractivity contribution in [2.45, 2.75) is 38.0 Å². The second-order valence-corrected chi connectivity index (χ2v) is 9.33. The zero-order chi connectivity index (χ0) is 22.6. The van der Waals surface area contributed by atoms with Crippen LogP contribution < -0.4 is 10.2 Å². The lowest BCUT2D eigenvalue weighted by molar-refractivity contribution is 0.102. The van der Waals surface area contributed by atoms with Crippen molar-refractivity contribution in [3.63, 3.8) is 0 Å². The van der Waals surface area contributed by atoms with Crippen LogP contribution in [0.4, 0.5) is 20.2 Å². The van der Waals surface area contributed by atoms with Crippen LogP contribution in [-0.2, 0) is 10.0 Å². The molecule has 0 bridgehead atoms. The fraction of sp³-hybridized carbons (Fsp3) is 0.409. The molecule has 2 aromatic rings. The van der Waals surface area contributed by atoms with Crippen molar-refractivity contribution >= 4 is 27.3 Å². The molecule has 6 nitrogen and oxygen atoms in total. The molecule has 1 aliphatic heterocycles. The van der Waals surface area contributed by atoms with E-state index in [9.17, 15) is 22.0 Å².